The van der Waals surface area contributed by atoms with Crippen molar-refractivity contribution in [1.82, 2.24) is 10.6 Å². The van der Waals surface area contributed by atoms with Gasteiger partial charge in [0.1, 0.15) is 0 Å². The van der Waals surface area contributed by atoms with E-state index in [0.29, 0.717) is 6.04 Å². The van der Waals surface area contributed by atoms with Gasteiger partial charge in [-0.25, -0.2) is 0 Å². The van der Waals surface area contributed by atoms with Gasteiger partial charge in [0.2, 0.25) is 0 Å². The fourth-order valence-electron chi connectivity index (χ4n) is 2.79. The first kappa shape index (κ1) is 15.7. The van der Waals surface area contributed by atoms with Crippen LogP contribution in [0.2, 0.25) is 0 Å². The minimum absolute atomic E-state index is 0.591. The molecule has 0 heterocycles. The number of nitrogens with one attached hydrogen (secondary N) is 2. The molecule has 0 aliphatic heterocycles. The molecule has 1 aliphatic rings. The molecule has 0 atom stereocenters. The van der Waals surface area contributed by atoms with Crippen LogP contribution in [0.5, 0.6) is 0 Å². The molecule has 0 radical (unpaired) electrons. The third-order valence-electron chi connectivity index (χ3n) is 4.21. The number of anilines is 1. The Kier molecular flexibility index (Phi) is 5.48. The van der Waals surface area contributed by atoms with E-state index in [1.54, 1.807) is 0 Å². The molecule has 0 unspecified atom stereocenters. The third-order valence-corrected chi connectivity index (χ3v) is 4.21. The summed E-state index contributed by atoms with van der Waals surface area (Å²) >= 11 is 0. The Morgan fingerprint density at radius 1 is 1.29 bits per heavy atom. The molecule has 1 fully saturated rings. The van der Waals surface area contributed by atoms with E-state index in [9.17, 15) is 0 Å². The molecule has 21 heavy (non-hydrogen) atoms. The zero-order valence-electron chi connectivity index (χ0n) is 13.7. The average molecular weight is 288 g/mol. The van der Waals surface area contributed by atoms with E-state index in [2.05, 4.69) is 59.7 Å². The number of benzene rings is 1. The first-order valence-electron chi connectivity index (χ1n) is 7.84. The topological polar surface area (TPSA) is 39.7 Å². The molecule has 2 rings (SSSR count). The Morgan fingerprint density at radius 3 is 2.57 bits per heavy atom. The number of aliphatic imine (C=N–C) groups is 1. The quantitative estimate of drug-likeness (QED) is 0.661. The summed E-state index contributed by atoms with van der Waals surface area (Å²) in [6.45, 7) is 2.98. The molecule has 1 saturated carbocycles. The van der Waals surface area contributed by atoms with Crippen LogP contribution in [-0.4, -0.2) is 33.1 Å². The number of nitrogens with zero attached hydrogens (tertiary/aromatic N) is 2. The summed E-state index contributed by atoms with van der Waals surface area (Å²) in [6, 6.07) is 7.18. The molecular weight excluding hydrogens is 260 g/mol. The van der Waals surface area contributed by atoms with Gasteiger partial charge in [0.05, 0.1) is 0 Å². The first-order valence-corrected chi connectivity index (χ1v) is 7.84. The van der Waals surface area contributed by atoms with Gasteiger partial charge in [-0.2, -0.15) is 0 Å². The van der Waals surface area contributed by atoms with Crippen LogP contribution in [0.4, 0.5) is 5.69 Å². The second kappa shape index (κ2) is 7.34. The average Bonchev–Trinajstić information content (AvgIpc) is 2.97. The number of hydrogen-bond acceptors (Lipinski definition) is 2. The van der Waals surface area contributed by atoms with Crippen LogP contribution in [-0.2, 0) is 6.54 Å². The van der Waals surface area contributed by atoms with E-state index >= 15 is 0 Å². The van der Waals surface area contributed by atoms with Crippen molar-refractivity contribution in [1.29, 1.82) is 0 Å². The van der Waals surface area contributed by atoms with Crippen LogP contribution in [0.3, 0.4) is 0 Å². The maximum absolute atomic E-state index is 4.33. The first-order chi connectivity index (χ1) is 10.1. The van der Waals surface area contributed by atoms with E-state index in [1.807, 2.05) is 7.05 Å². The second-order valence-corrected chi connectivity index (χ2v) is 6.06. The molecule has 0 saturated heterocycles. The van der Waals surface area contributed by atoms with Crippen LogP contribution < -0.4 is 15.5 Å². The van der Waals surface area contributed by atoms with Gasteiger partial charge < -0.3 is 15.5 Å². The standard InChI is InChI=1S/C17H28N4/c1-13-11-16(21(3)4)10-9-14(13)12-19-17(18-2)20-15-7-5-6-8-15/h9-11,15H,5-8,12H2,1-4H3,(H2,18,19,20). The fraction of sp³-hybridized carbons (Fsp3) is 0.588. The molecule has 0 bridgehead atoms. The van der Waals surface area contributed by atoms with Crippen molar-refractivity contribution >= 4 is 11.6 Å². The van der Waals surface area contributed by atoms with Gasteiger partial charge >= 0.3 is 0 Å². The highest BCUT2D eigenvalue weighted by molar-refractivity contribution is 5.80. The molecule has 116 valence electrons. The second-order valence-electron chi connectivity index (χ2n) is 6.06. The van der Waals surface area contributed by atoms with Crippen molar-refractivity contribution in [2.24, 2.45) is 4.99 Å². The Labute approximate surface area is 128 Å². The highest BCUT2D eigenvalue weighted by atomic mass is 15.2. The molecule has 4 nitrogen and oxygen atoms in total. The minimum Gasteiger partial charge on any atom is -0.378 e. The van der Waals surface area contributed by atoms with Gasteiger partial charge in [0, 0.05) is 39.4 Å². The van der Waals surface area contributed by atoms with Gasteiger partial charge in [0.25, 0.3) is 0 Å². The predicted molar refractivity (Wildman–Crippen MR) is 91.1 cm³/mol. The van der Waals surface area contributed by atoms with Crippen LogP contribution in [0.25, 0.3) is 0 Å². The molecule has 2 N–H and O–H groups in total. The van der Waals surface area contributed by atoms with Crippen molar-refractivity contribution in [3.8, 4) is 0 Å². The normalized spacial score (nSPS) is 16.1. The molecule has 4 heteroatoms. The number of aryl methyl sites for hydroxylation is 1. The van der Waals surface area contributed by atoms with Gasteiger partial charge in [0.15, 0.2) is 5.96 Å². The summed E-state index contributed by atoms with van der Waals surface area (Å²) in [7, 11) is 5.98. The molecule has 0 aromatic heterocycles. The van der Waals surface area contributed by atoms with Crippen molar-refractivity contribution in [3.63, 3.8) is 0 Å². The van der Waals surface area contributed by atoms with Crippen molar-refractivity contribution in [2.45, 2.75) is 45.2 Å². The number of rotatable bonds is 4. The van der Waals surface area contributed by atoms with Gasteiger partial charge in [-0.3, -0.25) is 4.99 Å². The summed E-state index contributed by atoms with van der Waals surface area (Å²) in [5, 5.41) is 6.94. The van der Waals surface area contributed by atoms with Gasteiger partial charge in [-0.1, -0.05) is 18.9 Å². The summed E-state index contributed by atoms with van der Waals surface area (Å²) in [5.41, 5.74) is 3.87. The zero-order chi connectivity index (χ0) is 15.2. The largest absolute Gasteiger partial charge is 0.378 e. The SMILES string of the molecule is CN=C(NCc1ccc(N(C)C)cc1C)NC1CCCC1. The van der Waals surface area contributed by atoms with Crippen molar-refractivity contribution < 1.29 is 0 Å². The van der Waals surface area contributed by atoms with Crippen molar-refractivity contribution in [2.75, 3.05) is 26.0 Å². The summed E-state index contributed by atoms with van der Waals surface area (Å²) in [6.07, 6.45) is 5.19. The number of hydrogen-bond donors (Lipinski definition) is 2. The third kappa shape index (κ3) is 4.38. The van der Waals surface area contributed by atoms with E-state index < -0.39 is 0 Å². The van der Waals surface area contributed by atoms with Crippen LogP contribution >= 0.6 is 0 Å². The van der Waals surface area contributed by atoms with E-state index in [0.717, 1.165) is 12.5 Å². The smallest absolute Gasteiger partial charge is 0.191 e. The lowest BCUT2D eigenvalue weighted by atomic mass is 10.1. The van der Waals surface area contributed by atoms with Gasteiger partial charge in [-0.05, 0) is 43.0 Å². The zero-order valence-corrected chi connectivity index (χ0v) is 13.7. The van der Waals surface area contributed by atoms with E-state index in [4.69, 9.17) is 0 Å². The van der Waals surface area contributed by atoms with Crippen LogP contribution in [0.1, 0.15) is 36.8 Å². The van der Waals surface area contributed by atoms with Crippen molar-refractivity contribution in [3.05, 3.63) is 29.3 Å². The highest BCUT2D eigenvalue weighted by Gasteiger charge is 2.15. The van der Waals surface area contributed by atoms with E-state index in [1.165, 1.54) is 42.5 Å². The predicted octanol–water partition coefficient (Wildman–Crippen LogP) is 2.67. The Bertz CT molecular complexity index is 488. The number of guanidine groups is 1. The summed E-state index contributed by atoms with van der Waals surface area (Å²) in [4.78, 5) is 6.46. The van der Waals surface area contributed by atoms with Crippen LogP contribution in [0, 0.1) is 6.92 Å². The Balaban J connectivity index is 1.91. The molecule has 1 aliphatic carbocycles. The highest BCUT2D eigenvalue weighted by Crippen LogP contribution is 2.18. The molecule has 0 amide bonds. The molecule has 0 spiro atoms. The maximum Gasteiger partial charge on any atom is 0.191 e. The molecular formula is C17H28N4. The van der Waals surface area contributed by atoms with Gasteiger partial charge in [-0.15, -0.1) is 0 Å². The van der Waals surface area contributed by atoms with Crippen LogP contribution in [0.15, 0.2) is 23.2 Å². The molecule has 1 aromatic rings. The minimum atomic E-state index is 0.591. The lowest BCUT2D eigenvalue weighted by Crippen LogP contribution is -2.42. The Morgan fingerprint density at radius 2 is 2.00 bits per heavy atom. The lowest BCUT2D eigenvalue weighted by molar-refractivity contribution is 0.613. The summed E-state index contributed by atoms with van der Waals surface area (Å²) in [5.74, 6) is 0.915. The summed E-state index contributed by atoms with van der Waals surface area (Å²) < 4.78 is 0. The fourth-order valence-corrected chi connectivity index (χ4v) is 2.79. The van der Waals surface area contributed by atoms with E-state index in [-0.39, 0.29) is 0 Å². The molecule has 1 aromatic carbocycles. The lowest BCUT2D eigenvalue weighted by Gasteiger charge is -2.18. The monoisotopic (exact) mass is 288 g/mol. The Hall–Kier alpha value is -1.71. The maximum atomic E-state index is 4.33.